The second-order valence-corrected chi connectivity index (χ2v) is 6.56. The lowest BCUT2D eigenvalue weighted by atomic mass is 9.81. The minimum atomic E-state index is -1.01. The number of aryl methyl sites for hydroxylation is 2. The summed E-state index contributed by atoms with van der Waals surface area (Å²) in [7, 11) is 0. The average Bonchev–Trinajstić information content (AvgIpc) is 2.51. The lowest BCUT2D eigenvalue weighted by Crippen LogP contribution is -2.35. The molecule has 0 saturated heterocycles. The van der Waals surface area contributed by atoms with E-state index in [1.165, 1.54) is 0 Å². The Morgan fingerprint density at radius 3 is 2.33 bits per heavy atom. The third-order valence-corrected chi connectivity index (χ3v) is 4.49. The molecular formula is C18H24O6. The molecule has 0 bridgehead atoms. The summed E-state index contributed by atoms with van der Waals surface area (Å²) in [5.74, 6) is -0.210. The Bertz CT molecular complexity index is 587. The lowest BCUT2D eigenvalue weighted by Gasteiger charge is -2.32. The second kappa shape index (κ2) is 8.15. The fraction of sp³-hybridized carbons (Fsp3) is 0.556. The third kappa shape index (κ3) is 4.71. The normalized spacial score (nSPS) is 23.4. The summed E-state index contributed by atoms with van der Waals surface area (Å²) in [6, 6.07) is 5.25. The lowest BCUT2D eigenvalue weighted by molar-refractivity contribution is -0.453. The van der Waals surface area contributed by atoms with Crippen LogP contribution in [0.25, 0.3) is 0 Å². The van der Waals surface area contributed by atoms with Crippen molar-refractivity contribution < 1.29 is 29.1 Å². The van der Waals surface area contributed by atoms with Gasteiger partial charge in [-0.3, -0.25) is 4.89 Å². The maximum absolute atomic E-state index is 11.9. The highest BCUT2D eigenvalue weighted by Crippen LogP contribution is 2.31. The van der Waals surface area contributed by atoms with Crippen molar-refractivity contribution in [2.75, 3.05) is 0 Å². The van der Waals surface area contributed by atoms with Gasteiger partial charge in [-0.2, -0.15) is 0 Å². The van der Waals surface area contributed by atoms with Crippen LogP contribution >= 0.6 is 0 Å². The number of rotatable bonds is 4. The summed E-state index contributed by atoms with van der Waals surface area (Å²) >= 11 is 0. The molecular weight excluding hydrogens is 312 g/mol. The van der Waals surface area contributed by atoms with Gasteiger partial charge in [0.05, 0.1) is 10.6 Å². The highest BCUT2D eigenvalue weighted by molar-refractivity contribution is 5.90. The van der Waals surface area contributed by atoms with E-state index in [1.54, 1.807) is 19.1 Å². The fourth-order valence-corrected chi connectivity index (χ4v) is 3.18. The van der Waals surface area contributed by atoms with Gasteiger partial charge in [-0.1, -0.05) is 38.0 Å². The number of hydrogen-bond donors (Lipinski definition) is 0. The Morgan fingerprint density at radius 2 is 1.71 bits per heavy atom. The van der Waals surface area contributed by atoms with Crippen LogP contribution in [0, 0.1) is 25.7 Å². The van der Waals surface area contributed by atoms with Crippen LogP contribution in [0.5, 0.6) is 0 Å². The van der Waals surface area contributed by atoms with Crippen LogP contribution in [0.4, 0.5) is 4.79 Å². The molecule has 0 radical (unpaired) electrons. The van der Waals surface area contributed by atoms with E-state index in [4.69, 9.17) is 4.74 Å². The monoisotopic (exact) mass is 336 g/mol. The van der Waals surface area contributed by atoms with E-state index < -0.39 is 12.1 Å². The van der Waals surface area contributed by atoms with Gasteiger partial charge >= 0.3 is 12.1 Å². The predicted octanol–water partition coefficient (Wildman–Crippen LogP) is 4.28. The van der Waals surface area contributed by atoms with Gasteiger partial charge in [0.1, 0.15) is 6.10 Å². The van der Waals surface area contributed by atoms with Crippen molar-refractivity contribution in [1.82, 2.24) is 0 Å². The zero-order valence-electron chi connectivity index (χ0n) is 14.5. The number of ether oxygens (including phenoxy) is 1. The van der Waals surface area contributed by atoms with E-state index in [-0.39, 0.29) is 17.9 Å². The molecule has 0 spiro atoms. The molecule has 2 unspecified atom stereocenters. The van der Waals surface area contributed by atoms with Crippen LogP contribution in [-0.2, 0) is 19.6 Å². The molecule has 1 saturated carbocycles. The SMILES string of the molecule is Cc1ccc(C(=O)OOOC(=O)OC2C(C)CCCC2C)c(C)c1. The summed E-state index contributed by atoms with van der Waals surface area (Å²) in [5, 5.41) is 4.28. The van der Waals surface area contributed by atoms with Crippen molar-refractivity contribution in [2.24, 2.45) is 11.8 Å². The molecule has 1 aliphatic carbocycles. The van der Waals surface area contributed by atoms with Crippen molar-refractivity contribution in [3.8, 4) is 0 Å². The molecule has 2 rings (SSSR count). The second-order valence-electron chi connectivity index (χ2n) is 6.56. The summed E-state index contributed by atoms with van der Waals surface area (Å²) in [6.45, 7) is 7.78. The summed E-state index contributed by atoms with van der Waals surface area (Å²) < 4.78 is 5.27. The van der Waals surface area contributed by atoms with Crippen LogP contribution < -0.4 is 0 Å². The molecule has 0 N–H and O–H groups in total. The van der Waals surface area contributed by atoms with E-state index in [1.807, 2.05) is 26.8 Å². The first kappa shape index (κ1) is 18.3. The molecule has 0 amide bonds. The molecule has 1 aromatic carbocycles. The van der Waals surface area contributed by atoms with Gasteiger partial charge < -0.3 is 4.74 Å². The van der Waals surface area contributed by atoms with Gasteiger partial charge in [0.25, 0.3) is 0 Å². The molecule has 24 heavy (non-hydrogen) atoms. The van der Waals surface area contributed by atoms with Crippen molar-refractivity contribution >= 4 is 12.1 Å². The van der Waals surface area contributed by atoms with Crippen molar-refractivity contribution in [3.63, 3.8) is 0 Å². The Hall–Kier alpha value is -2.08. The first-order chi connectivity index (χ1) is 11.4. The van der Waals surface area contributed by atoms with Gasteiger partial charge in [-0.25, -0.2) is 14.5 Å². The van der Waals surface area contributed by atoms with E-state index >= 15 is 0 Å². The maximum Gasteiger partial charge on any atom is 0.543 e. The Morgan fingerprint density at radius 1 is 1.04 bits per heavy atom. The molecule has 0 heterocycles. The minimum absolute atomic E-state index is 0.218. The molecule has 132 valence electrons. The highest BCUT2D eigenvalue weighted by atomic mass is 17.5. The van der Waals surface area contributed by atoms with E-state index in [0.717, 1.165) is 30.4 Å². The standard InChI is InChI=1S/C18H24O6/c1-11-8-9-15(14(4)10-11)17(19)22-24-23-18(20)21-16-12(2)6-5-7-13(16)3/h8-10,12-13,16H,5-7H2,1-4H3. The third-order valence-electron chi connectivity index (χ3n) is 4.49. The van der Waals surface area contributed by atoms with Crippen molar-refractivity contribution in [3.05, 3.63) is 34.9 Å². The number of carbonyl (C=O) groups is 2. The number of benzene rings is 1. The smallest absolute Gasteiger partial charge is 0.428 e. The molecule has 1 aliphatic rings. The number of carbonyl (C=O) groups excluding carboxylic acids is 2. The Kier molecular flexibility index (Phi) is 6.20. The topological polar surface area (TPSA) is 71.1 Å². The van der Waals surface area contributed by atoms with Crippen LogP contribution in [0.3, 0.4) is 0 Å². The molecule has 0 aliphatic heterocycles. The quantitative estimate of drug-likeness (QED) is 0.464. The summed E-state index contributed by atoms with van der Waals surface area (Å²) in [4.78, 5) is 32.4. The van der Waals surface area contributed by atoms with Crippen LogP contribution in [0.15, 0.2) is 18.2 Å². The highest BCUT2D eigenvalue weighted by Gasteiger charge is 2.32. The molecule has 0 aromatic heterocycles. The van der Waals surface area contributed by atoms with Crippen molar-refractivity contribution in [2.45, 2.75) is 53.1 Å². The van der Waals surface area contributed by atoms with E-state index in [0.29, 0.717) is 5.56 Å². The maximum atomic E-state index is 11.9. The van der Waals surface area contributed by atoms with E-state index in [2.05, 4.69) is 14.8 Å². The predicted molar refractivity (Wildman–Crippen MR) is 85.9 cm³/mol. The Balaban J connectivity index is 1.78. The molecule has 1 aromatic rings. The summed E-state index contributed by atoms with van der Waals surface area (Å²) in [5.41, 5.74) is 2.11. The largest absolute Gasteiger partial charge is 0.543 e. The first-order valence-corrected chi connectivity index (χ1v) is 8.22. The van der Waals surface area contributed by atoms with Crippen LogP contribution in [0.1, 0.15) is 54.6 Å². The summed E-state index contributed by atoms with van der Waals surface area (Å²) in [6.07, 6.45) is 1.91. The molecule has 6 heteroatoms. The number of hydrogen-bond acceptors (Lipinski definition) is 6. The van der Waals surface area contributed by atoms with E-state index in [9.17, 15) is 9.59 Å². The Labute approximate surface area is 141 Å². The van der Waals surface area contributed by atoms with Gasteiger partial charge in [-0.05, 0) is 50.2 Å². The zero-order chi connectivity index (χ0) is 17.7. The van der Waals surface area contributed by atoms with Gasteiger partial charge in [-0.15, -0.1) is 0 Å². The minimum Gasteiger partial charge on any atom is -0.428 e. The van der Waals surface area contributed by atoms with Gasteiger partial charge in [0.15, 0.2) is 0 Å². The average molecular weight is 336 g/mol. The molecule has 6 nitrogen and oxygen atoms in total. The first-order valence-electron chi connectivity index (χ1n) is 8.22. The molecule has 2 atom stereocenters. The van der Waals surface area contributed by atoms with Crippen LogP contribution in [0.2, 0.25) is 0 Å². The van der Waals surface area contributed by atoms with Gasteiger partial charge in [0, 0.05) is 0 Å². The van der Waals surface area contributed by atoms with Crippen molar-refractivity contribution in [1.29, 1.82) is 0 Å². The van der Waals surface area contributed by atoms with Crippen LogP contribution in [-0.4, -0.2) is 18.2 Å². The van der Waals surface area contributed by atoms with Gasteiger partial charge in [0.2, 0.25) is 0 Å². The fourth-order valence-electron chi connectivity index (χ4n) is 3.18. The zero-order valence-corrected chi connectivity index (χ0v) is 14.5. The molecule has 1 fully saturated rings.